The Morgan fingerprint density at radius 1 is 0.917 bits per heavy atom. The summed E-state index contributed by atoms with van der Waals surface area (Å²) in [5.41, 5.74) is 1.78. The summed E-state index contributed by atoms with van der Waals surface area (Å²) < 4.78 is 11.4. The molecule has 2 rings (SSSR count). The predicted octanol–water partition coefficient (Wildman–Crippen LogP) is 6.45. The van der Waals surface area contributed by atoms with Crippen LogP contribution in [0.2, 0.25) is 10.0 Å². The number of ether oxygens (including phenoxy) is 2. The maximum atomic E-state index is 13.5. The van der Waals surface area contributed by atoms with Crippen molar-refractivity contribution in [1.29, 1.82) is 0 Å². The van der Waals surface area contributed by atoms with E-state index in [0.29, 0.717) is 54.1 Å². The van der Waals surface area contributed by atoms with Gasteiger partial charge in [-0.05, 0) is 68.5 Å². The Kier molecular flexibility index (Phi) is 12.9. The molecule has 2 aromatic carbocycles. The number of benzene rings is 2. The third-order valence-electron chi connectivity index (χ3n) is 5.79. The van der Waals surface area contributed by atoms with Gasteiger partial charge in [0.15, 0.2) is 11.5 Å². The molecule has 0 aliphatic rings. The van der Waals surface area contributed by atoms with E-state index in [1.807, 2.05) is 45.0 Å². The van der Waals surface area contributed by atoms with E-state index in [9.17, 15) is 9.59 Å². The molecule has 2 aromatic rings. The molecular formula is C28H38Cl2N2O4. The van der Waals surface area contributed by atoms with E-state index in [2.05, 4.69) is 12.2 Å². The fourth-order valence-electron chi connectivity index (χ4n) is 3.91. The van der Waals surface area contributed by atoms with Gasteiger partial charge in [-0.2, -0.15) is 0 Å². The minimum atomic E-state index is -0.580. The van der Waals surface area contributed by atoms with Crippen molar-refractivity contribution in [2.75, 3.05) is 19.8 Å². The minimum absolute atomic E-state index is 0.106. The Morgan fingerprint density at radius 2 is 1.61 bits per heavy atom. The summed E-state index contributed by atoms with van der Waals surface area (Å²) in [6.45, 7) is 9.75. The Hall–Kier alpha value is -2.44. The number of hydrogen-bond acceptors (Lipinski definition) is 4. The third-order valence-corrected chi connectivity index (χ3v) is 6.53. The van der Waals surface area contributed by atoms with Gasteiger partial charge >= 0.3 is 0 Å². The summed E-state index contributed by atoms with van der Waals surface area (Å²) >= 11 is 12.3. The van der Waals surface area contributed by atoms with Gasteiger partial charge < -0.3 is 19.7 Å². The third kappa shape index (κ3) is 8.90. The number of hydrogen-bond donors (Lipinski definition) is 1. The second kappa shape index (κ2) is 15.6. The predicted molar refractivity (Wildman–Crippen MR) is 146 cm³/mol. The normalized spacial score (nSPS) is 11.6. The molecule has 6 nitrogen and oxygen atoms in total. The zero-order valence-corrected chi connectivity index (χ0v) is 23.3. The molecule has 1 N–H and O–H groups in total. The first kappa shape index (κ1) is 29.8. The number of carbonyl (C=O) groups excluding carboxylic acids is 2. The molecule has 0 aromatic heterocycles. The quantitative estimate of drug-likeness (QED) is 0.265. The van der Waals surface area contributed by atoms with Crippen LogP contribution < -0.4 is 14.8 Å². The number of halogens is 2. The van der Waals surface area contributed by atoms with Crippen LogP contribution in [0.5, 0.6) is 11.5 Å². The van der Waals surface area contributed by atoms with Crippen molar-refractivity contribution in [2.24, 2.45) is 0 Å². The summed E-state index contributed by atoms with van der Waals surface area (Å²) in [6.07, 6.45) is 3.14. The number of nitrogens with one attached hydrogen (secondary N) is 1. The maximum absolute atomic E-state index is 13.5. The highest BCUT2D eigenvalue weighted by Crippen LogP contribution is 2.29. The molecule has 0 saturated heterocycles. The van der Waals surface area contributed by atoms with E-state index in [-0.39, 0.29) is 24.8 Å². The SMILES string of the molecule is CCCCNC(=O)[C@H](CC)N(Cc1ccc(Cl)c(Cl)c1)C(=O)CCc1ccc(OCC)c(OCC)c1. The monoisotopic (exact) mass is 536 g/mol. The van der Waals surface area contributed by atoms with Crippen molar-refractivity contribution < 1.29 is 19.1 Å². The highest BCUT2D eigenvalue weighted by Gasteiger charge is 2.28. The minimum Gasteiger partial charge on any atom is -0.490 e. The summed E-state index contributed by atoms with van der Waals surface area (Å²) in [5, 5.41) is 3.84. The molecule has 1 atom stereocenters. The van der Waals surface area contributed by atoms with Crippen molar-refractivity contribution in [3.8, 4) is 11.5 Å². The van der Waals surface area contributed by atoms with Crippen molar-refractivity contribution in [2.45, 2.75) is 72.4 Å². The van der Waals surface area contributed by atoms with Crippen LogP contribution in [0.15, 0.2) is 36.4 Å². The fraction of sp³-hybridized carbons (Fsp3) is 0.500. The summed E-state index contributed by atoms with van der Waals surface area (Å²) in [4.78, 5) is 28.2. The van der Waals surface area contributed by atoms with Gasteiger partial charge in [-0.3, -0.25) is 9.59 Å². The number of amides is 2. The van der Waals surface area contributed by atoms with Gasteiger partial charge in [0.1, 0.15) is 6.04 Å². The first-order valence-electron chi connectivity index (χ1n) is 12.7. The topological polar surface area (TPSA) is 67.9 Å². The molecule has 8 heteroatoms. The van der Waals surface area contributed by atoms with Gasteiger partial charge in [0, 0.05) is 19.5 Å². The van der Waals surface area contributed by atoms with Crippen molar-refractivity contribution in [1.82, 2.24) is 10.2 Å². The Labute approximate surface area is 225 Å². The summed E-state index contributed by atoms with van der Waals surface area (Å²) in [5.74, 6) is 1.11. The molecule has 0 aliphatic heterocycles. The van der Waals surface area contributed by atoms with Crippen LogP contribution in [0.25, 0.3) is 0 Å². The van der Waals surface area contributed by atoms with Crippen molar-refractivity contribution >= 4 is 35.0 Å². The molecule has 0 saturated carbocycles. The first-order valence-corrected chi connectivity index (χ1v) is 13.5. The summed E-state index contributed by atoms with van der Waals surface area (Å²) in [7, 11) is 0. The fourth-order valence-corrected chi connectivity index (χ4v) is 4.23. The molecule has 36 heavy (non-hydrogen) atoms. The molecule has 0 fully saturated rings. The number of aryl methyl sites for hydroxylation is 1. The van der Waals surface area contributed by atoms with Gasteiger partial charge in [0.25, 0.3) is 0 Å². The van der Waals surface area contributed by atoms with Crippen molar-refractivity contribution in [3.05, 3.63) is 57.6 Å². The molecular weight excluding hydrogens is 499 g/mol. The molecule has 0 bridgehead atoms. The molecule has 198 valence electrons. The van der Waals surface area contributed by atoms with Crippen LogP contribution in [0.4, 0.5) is 0 Å². The van der Waals surface area contributed by atoms with Gasteiger partial charge in [-0.25, -0.2) is 0 Å². The average Bonchev–Trinajstić information content (AvgIpc) is 2.86. The average molecular weight is 538 g/mol. The molecule has 0 aliphatic carbocycles. The molecule has 0 heterocycles. The lowest BCUT2D eigenvalue weighted by Gasteiger charge is -2.31. The molecule has 0 unspecified atom stereocenters. The second-order valence-electron chi connectivity index (χ2n) is 8.49. The van der Waals surface area contributed by atoms with Gasteiger partial charge in [0.2, 0.25) is 11.8 Å². The lowest BCUT2D eigenvalue weighted by atomic mass is 10.1. The van der Waals surface area contributed by atoms with E-state index in [4.69, 9.17) is 32.7 Å². The van der Waals surface area contributed by atoms with Gasteiger partial charge in [-0.1, -0.05) is 55.6 Å². The van der Waals surface area contributed by atoms with E-state index >= 15 is 0 Å². The van der Waals surface area contributed by atoms with Crippen LogP contribution in [0.3, 0.4) is 0 Å². The van der Waals surface area contributed by atoms with E-state index in [1.54, 1.807) is 17.0 Å². The number of unbranched alkanes of at least 4 members (excludes halogenated alkanes) is 1. The molecule has 0 radical (unpaired) electrons. The zero-order valence-electron chi connectivity index (χ0n) is 21.7. The van der Waals surface area contributed by atoms with Crippen LogP contribution in [-0.4, -0.2) is 42.5 Å². The Morgan fingerprint density at radius 3 is 2.25 bits per heavy atom. The number of carbonyl (C=O) groups is 2. The lowest BCUT2D eigenvalue weighted by molar-refractivity contribution is -0.141. The van der Waals surface area contributed by atoms with Gasteiger partial charge in [0.05, 0.1) is 23.3 Å². The van der Waals surface area contributed by atoms with Crippen molar-refractivity contribution in [3.63, 3.8) is 0 Å². The standard InChI is InChI=1S/C28H38Cl2N2O4/c1-5-9-16-31-28(34)24(6-2)32(19-21-10-13-22(29)23(30)17-21)27(33)15-12-20-11-14-25(35-7-3)26(18-20)36-8-4/h10-11,13-14,17-18,24H,5-9,12,15-16,19H2,1-4H3,(H,31,34)/t24-/m0/s1. The number of rotatable bonds is 15. The smallest absolute Gasteiger partial charge is 0.242 e. The highest BCUT2D eigenvalue weighted by atomic mass is 35.5. The molecule has 2 amide bonds. The largest absolute Gasteiger partial charge is 0.490 e. The Bertz CT molecular complexity index is 1000. The van der Waals surface area contributed by atoms with Crippen LogP contribution in [0.1, 0.15) is 64.5 Å². The van der Waals surface area contributed by atoms with E-state index in [0.717, 1.165) is 24.0 Å². The van der Waals surface area contributed by atoms with Crippen LogP contribution in [0, 0.1) is 0 Å². The van der Waals surface area contributed by atoms with Gasteiger partial charge in [-0.15, -0.1) is 0 Å². The van der Waals surface area contributed by atoms with E-state index in [1.165, 1.54) is 0 Å². The highest BCUT2D eigenvalue weighted by molar-refractivity contribution is 6.42. The number of nitrogens with zero attached hydrogens (tertiary/aromatic N) is 1. The second-order valence-corrected chi connectivity index (χ2v) is 9.30. The lowest BCUT2D eigenvalue weighted by Crippen LogP contribution is -2.49. The maximum Gasteiger partial charge on any atom is 0.242 e. The first-order chi connectivity index (χ1) is 17.3. The Balaban J connectivity index is 2.23. The van der Waals surface area contributed by atoms with Crippen LogP contribution in [-0.2, 0) is 22.6 Å². The van der Waals surface area contributed by atoms with E-state index < -0.39 is 6.04 Å². The van der Waals surface area contributed by atoms with Crippen LogP contribution >= 0.6 is 23.2 Å². The zero-order chi connectivity index (χ0) is 26.5. The molecule has 0 spiro atoms. The summed E-state index contributed by atoms with van der Waals surface area (Å²) in [6, 6.07) is 10.4.